The lowest BCUT2D eigenvalue weighted by Crippen LogP contribution is -2.50. The van der Waals surface area contributed by atoms with Crippen LogP contribution in [0.25, 0.3) is 0 Å². The number of piperazine rings is 2. The van der Waals surface area contributed by atoms with Gasteiger partial charge in [-0.25, -0.2) is 0 Å². The summed E-state index contributed by atoms with van der Waals surface area (Å²) in [7, 11) is 0. The van der Waals surface area contributed by atoms with Gasteiger partial charge in [0, 0.05) is 87.2 Å². The van der Waals surface area contributed by atoms with Crippen molar-refractivity contribution in [3.8, 4) is 11.5 Å². The normalized spacial score (nSPS) is 19.1. The van der Waals surface area contributed by atoms with Gasteiger partial charge >= 0.3 is 12.4 Å². The minimum atomic E-state index is -4.50. The number of aliphatic hydroxyl groups is 1. The Balaban J connectivity index is 0.000000184. The van der Waals surface area contributed by atoms with Crippen LogP contribution in [0.1, 0.15) is 73.6 Å². The SMILES string of the molecule is O=C(CCl)N1CCN(c2ccc(OCc3ccccc3)cc2)CC1.O=C(COC1CCC(Nc2ccc(Cl)c(C(F)(F)F)c2)CC1)N1CCN(c2ccc(OCc3ccccc3)cc2)CC1.OC1CCC(Nc2ccc(Cl)c(C(F)(F)F)c2)CC1. The van der Waals surface area contributed by atoms with Gasteiger partial charge in [0.05, 0.1) is 33.4 Å². The molecule has 2 saturated carbocycles. The average Bonchev–Trinajstić information content (AvgIpc) is 3.53. The number of hydrogen-bond donors (Lipinski definition) is 3. The Morgan fingerprint density at radius 3 is 1.28 bits per heavy atom. The van der Waals surface area contributed by atoms with Crippen LogP contribution in [-0.2, 0) is 39.9 Å². The van der Waals surface area contributed by atoms with Crippen molar-refractivity contribution >= 4 is 69.4 Å². The molecule has 6 aromatic rings. The number of benzene rings is 6. The van der Waals surface area contributed by atoms with Gasteiger partial charge in [-0.2, -0.15) is 26.3 Å². The first-order valence-electron chi connectivity index (χ1n) is 28.6. The van der Waals surface area contributed by atoms with Gasteiger partial charge in [0.2, 0.25) is 11.8 Å². The van der Waals surface area contributed by atoms with Gasteiger partial charge in [0.25, 0.3) is 0 Å². The fraction of sp³-hybridized carbons (Fsp3) is 0.406. The van der Waals surface area contributed by atoms with Gasteiger partial charge in [-0.1, -0.05) is 83.9 Å². The predicted octanol–water partition coefficient (Wildman–Crippen LogP) is 14.3. The lowest BCUT2D eigenvalue weighted by Gasteiger charge is -2.36. The van der Waals surface area contributed by atoms with Crippen molar-refractivity contribution in [2.24, 2.45) is 0 Å². The third-order valence-electron chi connectivity index (χ3n) is 15.4. The van der Waals surface area contributed by atoms with Crippen molar-refractivity contribution in [3.05, 3.63) is 178 Å². The fourth-order valence-corrected chi connectivity index (χ4v) is 11.1. The minimum Gasteiger partial charge on any atom is -0.489 e. The molecule has 3 N–H and O–H groups in total. The maximum atomic E-state index is 13.2. The van der Waals surface area contributed by atoms with Crippen molar-refractivity contribution in [1.29, 1.82) is 0 Å². The van der Waals surface area contributed by atoms with E-state index in [1.165, 1.54) is 12.1 Å². The molecule has 85 heavy (non-hydrogen) atoms. The van der Waals surface area contributed by atoms with Crippen LogP contribution >= 0.6 is 34.8 Å². The number of hydrogen-bond acceptors (Lipinski definition) is 10. The Bertz CT molecular complexity index is 3010. The Labute approximate surface area is 507 Å². The van der Waals surface area contributed by atoms with Crippen LogP contribution in [0, 0.1) is 0 Å². The number of rotatable bonds is 16. The number of carbonyl (C=O) groups excluding carboxylic acids is 2. The summed E-state index contributed by atoms with van der Waals surface area (Å²) in [5.74, 6) is 1.74. The average molecular weight is 1240 g/mol. The molecule has 0 atom stereocenters. The molecule has 0 unspecified atom stereocenters. The van der Waals surface area contributed by atoms with Gasteiger partial charge in [-0.3, -0.25) is 9.59 Å². The van der Waals surface area contributed by atoms with E-state index in [2.05, 4.69) is 44.7 Å². The molecule has 10 rings (SSSR count). The highest BCUT2D eigenvalue weighted by molar-refractivity contribution is 6.31. The second-order valence-corrected chi connectivity index (χ2v) is 22.5. The van der Waals surface area contributed by atoms with Gasteiger partial charge in [0.1, 0.15) is 37.2 Å². The zero-order valence-corrected chi connectivity index (χ0v) is 49.3. The van der Waals surface area contributed by atoms with Crippen molar-refractivity contribution < 1.29 is 55.2 Å². The monoisotopic (exact) mass is 1240 g/mol. The van der Waals surface area contributed by atoms with E-state index in [4.69, 9.17) is 49.0 Å². The zero-order chi connectivity index (χ0) is 60.3. The molecule has 2 aliphatic heterocycles. The lowest BCUT2D eigenvalue weighted by atomic mass is 9.92. The van der Waals surface area contributed by atoms with Crippen molar-refractivity contribution in [3.63, 3.8) is 0 Å². The summed E-state index contributed by atoms with van der Waals surface area (Å²) < 4.78 is 95.2. The van der Waals surface area contributed by atoms with E-state index in [0.717, 1.165) is 124 Å². The van der Waals surface area contributed by atoms with Crippen LogP contribution in [0.15, 0.2) is 146 Å². The molecule has 21 heteroatoms. The molecule has 2 amide bonds. The lowest BCUT2D eigenvalue weighted by molar-refractivity contribution is -0.139. The number of alkyl halides is 7. The topological polar surface area (TPSA) is 119 Å². The van der Waals surface area contributed by atoms with E-state index in [1.54, 1.807) is 12.1 Å². The van der Waals surface area contributed by atoms with E-state index in [-0.39, 0.29) is 58.6 Å². The third kappa shape index (κ3) is 20.0. The summed E-state index contributed by atoms with van der Waals surface area (Å²) in [4.78, 5) is 32.6. The minimum absolute atomic E-state index is 0.0135. The van der Waals surface area contributed by atoms with Crippen LogP contribution in [-0.4, -0.2) is 116 Å². The van der Waals surface area contributed by atoms with Crippen molar-refractivity contribution in [1.82, 2.24) is 9.80 Å². The van der Waals surface area contributed by atoms with E-state index in [0.29, 0.717) is 50.5 Å². The first kappa shape index (κ1) is 64.4. The Morgan fingerprint density at radius 2 is 0.894 bits per heavy atom. The second kappa shape index (κ2) is 31.2. The summed E-state index contributed by atoms with van der Waals surface area (Å²) in [6, 6.07) is 44.2. The molecule has 6 aromatic carbocycles. The van der Waals surface area contributed by atoms with E-state index >= 15 is 0 Å². The standard InChI is InChI=1S/C32H35ClF3N3O3.C19H21ClN2O2.C13H15ClF3NO/c33-30-15-8-25(20-29(30)32(34,35)36)37-24-6-11-27(12-7-24)42-22-31(40)39-18-16-38(17-19-39)26-9-13-28(14-10-26)41-21-23-4-2-1-3-5-23;20-14-19(23)22-12-10-21(11-13-22)17-6-8-18(9-7-17)24-15-16-4-2-1-3-5-16;14-12-6-3-9(7-11(12)13(15,16)17)18-8-1-4-10(19)5-2-8/h1-5,8-10,13-15,20,24,27,37H,6-7,11-12,16-19,21-22H2;1-9H,10-15H2;3,6-8,10,18-19H,1-2,4-5H2. The maximum absolute atomic E-state index is 13.2. The number of nitrogens with one attached hydrogen (secondary N) is 2. The summed E-state index contributed by atoms with van der Waals surface area (Å²) in [5, 5.41) is 15.0. The highest BCUT2D eigenvalue weighted by Crippen LogP contribution is 2.38. The van der Waals surface area contributed by atoms with E-state index in [9.17, 15) is 41.0 Å². The second-order valence-electron chi connectivity index (χ2n) is 21.4. The molecule has 2 heterocycles. The van der Waals surface area contributed by atoms with Crippen molar-refractivity contribution in [2.75, 3.05) is 85.3 Å². The maximum Gasteiger partial charge on any atom is 0.417 e. The first-order chi connectivity index (χ1) is 40.9. The number of carbonyl (C=O) groups is 2. The quantitative estimate of drug-likeness (QED) is 0.0638. The summed E-state index contributed by atoms with van der Waals surface area (Å²) in [5.41, 5.74) is 3.68. The van der Waals surface area contributed by atoms with Crippen LogP contribution in [0.3, 0.4) is 0 Å². The molecule has 0 bridgehead atoms. The first-order valence-corrected chi connectivity index (χ1v) is 29.9. The summed E-state index contributed by atoms with van der Waals surface area (Å²) in [6.45, 7) is 6.98. The molecule has 4 aliphatic rings. The molecular weight excluding hydrogens is 1170 g/mol. The van der Waals surface area contributed by atoms with Crippen molar-refractivity contribution in [2.45, 2.75) is 101 Å². The van der Waals surface area contributed by atoms with Crippen LogP contribution < -0.4 is 29.9 Å². The number of halogens is 9. The van der Waals surface area contributed by atoms with Gasteiger partial charge in [-0.15, -0.1) is 11.6 Å². The number of amides is 2. The smallest absolute Gasteiger partial charge is 0.417 e. The predicted molar refractivity (Wildman–Crippen MR) is 323 cm³/mol. The zero-order valence-electron chi connectivity index (χ0n) is 47.0. The molecule has 12 nitrogen and oxygen atoms in total. The van der Waals surface area contributed by atoms with Gasteiger partial charge < -0.3 is 49.6 Å². The Morgan fingerprint density at radius 1 is 0.506 bits per heavy atom. The summed E-state index contributed by atoms with van der Waals surface area (Å²) >= 11 is 16.9. The van der Waals surface area contributed by atoms with E-state index < -0.39 is 23.5 Å². The van der Waals surface area contributed by atoms with Gasteiger partial charge in [0.15, 0.2) is 0 Å². The van der Waals surface area contributed by atoms with Crippen LogP contribution in [0.2, 0.25) is 10.0 Å². The number of ether oxygens (including phenoxy) is 3. The largest absolute Gasteiger partial charge is 0.489 e. The molecule has 2 aliphatic carbocycles. The number of nitrogens with zero attached hydrogens (tertiary/aromatic N) is 4. The number of aliphatic hydroxyl groups excluding tert-OH is 1. The Hall–Kier alpha value is -6.57. The molecule has 0 aromatic heterocycles. The molecule has 2 saturated heterocycles. The van der Waals surface area contributed by atoms with Crippen LogP contribution in [0.4, 0.5) is 49.1 Å². The number of anilines is 4. The summed E-state index contributed by atoms with van der Waals surface area (Å²) in [6.07, 6.45) is -3.42. The molecule has 456 valence electrons. The molecule has 0 spiro atoms. The van der Waals surface area contributed by atoms with Crippen LogP contribution in [0.5, 0.6) is 11.5 Å². The fourth-order valence-electron chi connectivity index (χ4n) is 10.5. The molecular formula is C64H71Cl3F6N6O6. The molecule has 0 radical (unpaired) electrons. The highest BCUT2D eigenvalue weighted by Gasteiger charge is 2.35. The van der Waals surface area contributed by atoms with E-state index in [1.807, 2.05) is 94.7 Å². The third-order valence-corrected chi connectivity index (χ3v) is 16.3. The highest BCUT2D eigenvalue weighted by atomic mass is 35.5. The Kier molecular flexibility index (Phi) is 23.6. The molecule has 4 fully saturated rings. The van der Waals surface area contributed by atoms with Gasteiger partial charge in [-0.05, 0) is 147 Å².